The molecule has 1 aliphatic carbocycles. The van der Waals surface area contributed by atoms with Gasteiger partial charge in [0.15, 0.2) is 5.69 Å². The van der Waals surface area contributed by atoms with Crippen molar-refractivity contribution in [2.75, 3.05) is 38.7 Å². The van der Waals surface area contributed by atoms with Gasteiger partial charge in [-0.15, -0.1) is 0 Å². The number of urea groups is 1. The zero-order valence-electron chi connectivity index (χ0n) is 23.9. The second-order valence-corrected chi connectivity index (χ2v) is 12.1. The van der Waals surface area contributed by atoms with Gasteiger partial charge in [0.25, 0.3) is 5.82 Å². The van der Waals surface area contributed by atoms with Crippen molar-refractivity contribution in [1.29, 1.82) is 0 Å². The number of likely N-dealkylation sites (N-methyl/N-ethyl adjacent to an activating group) is 1. The lowest BCUT2D eigenvalue weighted by atomic mass is 9.83. The normalized spacial score (nSPS) is 32.2. The molecule has 11 heteroatoms. The number of rotatable bonds is 8. The van der Waals surface area contributed by atoms with E-state index in [0.29, 0.717) is 61.6 Å². The van der Waals surface area contributed by atoms with Crippen LogP contribution >= 0.6 is 0 Å². The fraction of sp³-hybridized carbons (Fsp3) is 0.690. The number of allylic oxidation sites excluding steroid dienone is 2. The Bertz CT molecular complexity index is 1270. The van der Waals surface area contributed by atoms with E-state index in [1.807, 2.05) is 6.92 Å². The van der Waals surface area contributed by atoms with E-state index in [2.05, 4.69) is 16.9 Å². The Morgan fingerprint density at radius 1 is 1.12 bits per heavy atom. The molecule has 4 aliphatic heterocycles. The van der Waals surface area contributed by atoms with Gasteiger partial charge in [0, 0.05) is 37.2 Å². The minimum Gasteiger partial charge on any atom is -0.474 e. The van der Waals surface area contributed by atoms with Crippen LogP contribution < -0.4 is 19.9 Å². The number of ether oxygens (including phenoxy) is 2. The third kappa shape index (κ3) is 4.24. The van der Waals surface area contributed by atoms with E-state index in [1.54, 1.807) is 11.9 Å². The number of hydrogen-bond donors (Lipinski definition) is 1. The number of piperidine rings is 1. The van der Waals surface area contributed by atoms with Crippen LogP contribution in [0, 0.1) is 5.92 Å². The fourth-order valence-corrected chi connectivity index (χ4v) is 7.32. The van der Waals surface area contributed by atoms with Gasteiger partial charge >= 0.3 is 6.03 Å². The first-order valence-corrected chi connectivity index (χ1v) is 14.9. The molecule has 2 bridgehead atoms. The highest BCUT2D eigenvalue weighted by molar-refractivity contribution is 6.12. The maximum absolute atomic E-state index is 14.1. The smallest absolute Gasteiger partial charge is 0.432 e. The van der Waals surface area contributed by atoms with E-state index in [-0.39, 0.29) is 46.4 Å². The van der Waals surface area contributed by atoms with Crippen molar-refractivity contribution in [3.8, 4) is 5.88 Å². The maximum Gasteiger partial charge on any atom is 0.432 e. The SMILES string of the molecule is CCC/C(C(=O)c1nc(OC[C@@H]2CCCN2C)c2c(n1)[N+]1(CC3CCC1O3)C(=O)N2C)=C(/N)C1CCCCC1=O. The molecule has 6 rings (SSSR count). The molecule has 1 aromatic rings. The number of likely N-dealkylation sites (tertiary alicyclic amines) is 1. The van der Waals surface area contributed by atoms with Crippen LogP contribution in [0.2, 0.25) is 0 Å². The summed E-state index contributed by atoms with van der Waals surface area (Å²) in [6.45, 7) is 3.86. The number of fused-ring (bicyclic) bond motifs is 5. The number of aromatic nitrogens is 2. The summed E-state index contributed by atoms with van der Waals surface area (Å²) in [6, 6.07) is 0.0885. The van der Waals surface area contributed by atoms with Crippen molar-refractivity contribution in [2.45, 2.75) is 89.5 Å². The first kappa shape index (κ1) is 27.3. The molecule has 4 fully saturated rings. The van der Waals surface area contributed by atoms with Gasteiger partial charge in [-0.25, -0.2) is 4.79 Å². The van der Waals surface area contributed by atoms with Gasteiger partial charge in [-0.1, -0.05) is 19.8 Å². The molecule has 40 heavy (non-hydrogen) atoms. The van der Waals surface area contributed by atoms with Gasteiger partial charge in [0.1, 0.15) is 25.0 Å². The summed E-state index contributed by atoms with van der Waals surface area (Å²) < 4.78 is 12.4. The average molecular weight is 554 g/mol. The Morgan fingerprint density at radius 2 is 1.95 bits per heavy atom. The molecule has 5 aliphatic rings. The number of nitrogens with two attached hydrogens (primary N) is 1. The van der Waals surface area contributed by atoms with Crippen molar-refractivity contribution in [3.63, 3.8) is 0 Å². The molecular formula is C29H41N6O5+. The third-order valence-electron chi connectivity index (χ3n) is 9.58. The predicted octanol–water partition coefficient (Wildman–Crippen LogP) is 3.30. The van der Waals surface area contributed by atoms with Crippen molar-refractivity contribution in [1.82, 2.24) is 19.4 Å². The molecule has 3 saturated heterocycles. The quantitative estimate of drug-likeness (QED) is 0.293. The molecule has 1 aromatic heterocycles. The lowest BCUT2D eigenvalue weighted by Crippen LogP contribution is -2.60. The summed E-state index contributed by atoms with van der Waals surface area (Å²) in [7, 11) is 3.79. The average Bonchev–Trinajstić information content (AvgIpc) is 3.72. The molecule has 0 radical (unpaired) electrons. The number of ketones is 2. The summed E-state index contributed by atoms with van der Waals surface area (Å²) in [5.41, 5.74) is 7.83. The van der Waals surface area contributed by atoms with Crippen LogP contribution in [0.4, 0.5) is 16.3 Å². The van der Waals surface area contributed by atoms with Crippen LogP contribution in [-0.2, 0) is 9.53 Å². The van der Waals surface area contributed by atoms with Crippen molar-refractivity contribution < 1.29 is 23.9 Å². The second kappa shape index (κ2) is 10.5. The zero-order valence-corrected chi connectivity index (χ0v) is 23.9. The Labute approximate surface area is 235 Å². The summed E-state index contributed by atoms with van der Waals surface area (Å²) in [5, 5.41) is 0. The molecule has 0 aromatic carbocycles. The Balaban J connectivity index is 1.44. The summed E-state index contributed by atoms with van der Waals surface area (Å²) in [4.78, 5) is 54.0. The highest BCUT2D eigenvalue weighted by Crippen LogP contribution is 2.52. The van der Waals surface area contributed by atoms with Crippen LogP contribution in [0.1, 0.15) is 81.8 Å². The Hall–Kier alpha value is -2.89. The van der Waals surface area contributed by atoms with E-state index in [4.69, 9.17) is 20.2 Å². The van der Waals surface area contributed by atoms with E-state index >= 15 is 0 Å². The molecule has 5 heterocycles. The first-order valence-electron chi connectivity index (χ1n) is 14.9. The maximum atomic E-state index is 14.1. The fourth-order valence-electron chi connectivity index (χ4n) is 7.32. The van der Waals surface area contributed by atoms with Gasteiger partial charge in [-0.3, -0.25) is 14.5 Å². The van der Waals surface area contributed by atoms with Crippen LogP contribution in [0.25, 0.3) is 0 Å². The molecule has 2 amide bonds. The van der Waals surface area contributed by atoms with Crippen LogP contribution in [-0.4, -0.2) is 84.6 Å². The zero-order chi connectivity index (χ0) is 28.2. The van der Waals surface area contributed by atoms with Gasteiger partial charge in [0.2, 0.25) is 23.7 Å². The highest BCUT2D eigenvalue weighted by atomic mass is 16.5. The topological polar surface area (TPSA) is 128 Å². The Kier molecular flexibility index (Phi) is 7.16. The molecule has 11 nitrogen and oxygen atoms in total. The second-order valence-electron chi connectivity index (χ2n) is 12.1. The van der Waals surface area contributed by atoms with Gasteiger partial charge < -0.3 is 20.1 Å². The largest absolute Gasteiger partial charge is 0.474 e. The van der Waals surface area contributed by atoms with Crippen molar-refractivity contribution >= 4 is 29.1 Å². The van der Waals surface area contributed by atoms with Crippen LogP contribution in [0.3, 0.4) is 0 Å². The monoisotopic (exact) mass is 553 g/mol. The highest BCUT2D eigenvalue weighted by Gasteiger charge is 2.66. The van der Waals surface area contributed by atoms with Gasteiger partial charge in [-0.2, -0.15) is 14.5 Å². The van der Waals surface area contributed by atoms with Gasteiger partial charge in [0.05, 0.1) is 5.92 Å². The number of quaternary nitrogens is 1. The molecule has 5 atom stereocenters. The number of anilines is 1. The van der Waals surface area contributed by atoms with Crippen molar-refractivity contribution in [2.24, 2.45) is 11.7 Å². The number of nitrogens with zero attached hydrogens (tertiary/aromatic N) is 5. The van der Waals surface area contributed by atoms with E-state index in [1.165, 1.54) is 0 Å². The number of amides is 2. The van der Waals surface area contributed by atoms with Crippen LogP contribution in [0.15, 0.2) is 11.3 Å². The molecule has 216 valence electrons. The molecule has 4 unspecified atom stereocenters. The summed E-state index contributed by atoms with van der Waals surface area (Å²) in [6.07, 6.45) is 7.40. The number of Topliss-reactive ketones (excluding diaryl/α,β-unsaturated/α-hetero) is 2. The number of carbonyl (C=O) groups excluding carboxylic acids is 3. The third-order valence-corrected chi connectivity index (χ3v) is 9.58. The minimum atomic E-state index is -0.448. The summed E-state index contributed by atoms with van der Waals surface area (Å²) in [5.74, 6) is -0.0791. The van der Waals surface area contributed by atoms with Crippen molar-refractivity contribution in [3.05, 3.63) is 17.1 Å². The molecule has 2 N–H and O–H groups in total. The number of hydrogen-bond acceptors (Lipinski definition) is 9. The van der Waals surface area contributed by atoms with E-state index in [9.17, 15) is 14.4 Å². The standard InChI is InChI=1S/C29H40N6O5/c1-4-8-20(23(30)19-10-5-6-11-21(19)36)25(37)26-31-27-24(28(32-26)39-16-17-9-7-14-33(17)2)34(3)29(38)35(27)15-18-12-13-22(35)40-18/h17-19,22H,4-16H2,1-3H3,(H-,30,37)/p+1/t17-,18?,19?,22?,35?/m0/s1. The lowest BCUT2D eigenvalue weighted by Gasteiger charge is -2.30. The molecular weight excluding hydrogens is 512 g/mol. The van der Waals surface area contributed by atoms with E-state index in [0.717, 1.165) is 45.1 Å². The van der Waals surface area contributed by atoms with Gasteiger partial charge in [-0.05, 0) is 52.1 Å². The summed E-state index contributed by atoms with van der Waals surface area (Å²) >= 11 is 0. The number of carbonyl (C=O) groups is 3. The molecule has 1 saturated carbocycles. The van der Waals surface area contributed by atoms with Crippen LogP contribution in [0.5, 0.6) is 5.88 Å². The minimum absolute atomic E-state index is 0.0255. The Morgan fingerprint density at radius 3 is 2.60 bits per heavy atom. The van der Waals surface area contributed by atoms with E-state index < -0.39 is 11.7 Å². The molecule has 1 spiro atoms. The lowest BCUT2D eigenvalue weighted by molar-refractivity contribution is -0.123. The first-order chi connectivity index (χ1) is 19.3. The predicted molar refractivity (Wildman–Crippen MR) is 149 cm³/mol.